The Hall–Kier alpha value is -1.56. The van der Waals surface area contributed by atoms with Crippen LogP contribution >= 0.6 is 0 Å². The van der Waals surface area contributed by atoms with E-state index >= 15 is 0 Å². The molecule has 94 valence electrons. The lowest BCUT2D eigenvalue weighted by atomic mass is 10.1. The lowest BCUT2D eigenvalue weighted by Gasteiger charge is -2.32. The predicted octanol–water partition coefficient (Wildman–Crippen LogP) is -0.955. The molecule has 1 atom stereocenters. The number of β-amino-alcohol motifs (C(OH)–C–C–N with tert-alkyl or cyclic N) is 1. The molecule has 1 aliphatic rings. The van der Waals surface area contributed by atoms with Gasteiger partial charge in [0, 0.05) is 33.3 Å². The topological polar surface area (TPSA) is 67.5 Å². The van der Waals surface area contributed by atoms with Crippen LogP contribution in [-0.4, -0.2) is 33.4 Å². The van der Waals surface area contributed by atoms with Gasteiger partial charge in [0.2, 0.25) is 0 Å². The van der Waals surface area contributed by atoms with E-state index in [1.165, 1.54) is 17.7 Å². The second kappa shape index (κ2) is 4.37. The largest absolute Gasteiger partial charge is 0.391 e. The fourth-order valence-electron chi connectivity index (χ4n) is 2.19. The molecule has 2 rings (SSSR count). The fourth-order valence-corrected chi connectivity index (χ4v) is 2.19. The molecule has 0 bridgehead atoms. The summed E-state index contributed by atoms with van der Waals surface area (Å²) in [6, 6.07) is 1.44. The number of hydrogen-bond donors (Lipinski definition) is 1. The number of aromatic nitrogens is 2. The molecule has 6 nitrogen and oxygen atoms in total. The van der Waals surface area contributed by atoms with Crippen molar-refractivity contribution in [2.24, 2.45) is 14.1 Å². The maximum absolute atomic E-state index is 11.8. The number of rotatable bonds is 1. The van der Waals surface area contributed by atoms with Gasteiger partial charge in [0.25, 0.3) is 5.56 Å². The van der Waals surface area contributed by atoms with E-state index in [2.05, 4.69) is 0 Å². The Balaban J connectivity index is 2.45. The first-order chi connectivity index (χ1) is 8.00. The number of aliphatic hydroxyl groups is 1. The van der Waals surface area contributed by atoms with Crippen molar-refractivity contribution in [1.82, 2.24) is 9.13 Å². The van der Waals surface area contributed by atoms with Crippen LogP contribution in [0.3, 0.4) is 0 Å². The Morgan fingerprint density at radius 3 is 2.65 bits per heavy atom. The van der Waals surface area contributed by atoms with E-state index in [9.17, 15) is 14.7 Å². The summed E-state index contributed by atoms with van der Waals surface area (Å²) in [5.41, 5.74) is -0.657. The van der Waals surface area contributed by atoms with Crippen molar-refractivity contribution in [2.45, 2.75) is 18.9 Å². The number of nitrogens with zero attached hydrogens (tertiary/aromatic N) is 3. The first-order valence-electron chi connectivity index (χ1n) is 5.71. The summed E-state index contributed by atoms with van der Waals surface area (Å²) < 4.78 is 2.52. The van der Waals surface area contributed by atoms with E-state index in [-0.39, 0.29) is 17.4 Å². The van der Waals surface area contributed by atoms with Crippen LogP contribution in [0.5, 0.6) is 0 Å². The molecule has 0 amide bonds. The van der Waals surface area contributed by atoms with Crippen molar-refractivity contribution in [1.29, 1.82) is 0 Å². The quantitative estimate of drug-likeness (QED) is 0.686. The molecule has 1 aliphatic heterocycles. The number of hydrogen-bond acceptors (Lipinski definition) is 4. The smallest absolute Gasteiger partial charge is 0.332 e. The first kappa shape index (κ1) is 11.9. The van der Waals surface area contributed by atoms with Crippen LogP contribution in [0.2, 0.25) is 0 Å². The molecule has 1 aromatic rings. The summed E-state index contributed by atoms with van der Waals surface area (Å²) in [6.45, 7) is 1.23. The molecular weight excluding hydrogens is 222 g/mol. The Bertz CT molecular complexity index is 532. The standard InChI is InChI=1S/C11H17N3O3/c1-12-9(6-10(16)13(2)11(12)17)14-5-3-4-8(15)7-14/h6,8,15H,3-5,7H2,1-2H3. The van der Waals surface area contributed by atoms with Crippen molar-refractivity contribution in [3.63, 3.8) is 0 Å². The molecule has 1 fully saturated rings. The van der Waals surface area contributed by atoms with Gasteiger partial charge in [-0.3, -0.25) is 13.9 Å². The van der Waals surface area contributed by atoms with Crippen molar-refractivity contribution < 1.29 is 5.11 Å². The highest BCUT2D eigenvalue weighted by Gasteiger charge is 2.20. The Labute approximate surface area is 98.7 Å². The van der Waals surface area contributed by atoms with Gasteiger partial charge in [-0.1, -0.05) is 0 Å². The van der Waals surface area contributed by atoms with Gasteiger partial charge in [0.15, 0.2) is 0 Å². The SMILES string of the molecule is Cn1c(N2CCCC(O)C2)cc(=O)n(C)c1=O. The Kier molecular flexibility index (Phi) is 3.06. The predicted molar refractivity (Wildman–Crippen MR) is 64.4 cm³/mol. The van der Waals surface area contributed by atoms with E-state index in [1.807, 2.05) is 4.90 Å². The van der Waals surface area contributed by atoms with Gasteiger partial charge >= 0.3 is 5.69 Å². The van der Waals surface area contributed by atoms with E-state index in [1.54, 1.807) is 7.05 Å². The van der Waals surface area contributed by atoms with Gasteiger partial charge in [0.1, 0.15) is 5.82 Å². The molecule has 0 aliphatic carbocycles. The van der Waals surface area contributed by atoms with Crippen molar-refractivity contribution >= 4 is 5.82 Å². The molecular formula is C11H17N3O3. The minimum atomic E-state index is -0.386. The third-order valence-corrected chi connectivity index (χ3v) is 3.22. The van der Waals surface area contributed by atoms with Crippen molar-refractivity contribution in [2.75, 3.05) is 18.0 Å². The average molecular weight is 239 g/mol. The van der Waals surface area contributed by atoms with Gasteiger partial charge < -0.3 is 10.0 Å². The third-order valence-electron chi connectivity index (χ3n) is 3.22. The summed E-state index contributed by atoms with van der Waals surface area (Å²) in [5, 5.41) is 9.61. The van der Waals surface area contributed by atoms with Crippen LogP contribution in [0, 0.1) is 0 Å². The van der Waals surface area contributed by atoms with Crippen LogP contribution in [0.15, 0.2) is 15.7 Å². The minimum absolute atomic E-state index is 0.317. The molecule has 0 aromatic carbocycles. The second-order valence-electron chi connectivity index (χ2n) is 4.48. The zero-order chi connectivity index (χ0) is 12.6. The van der Waals surface area contributed by atoms with Crippen LogP contribution in [0.25, 0.3) is 0 Å². The number of aliphatic hydroxyl groups excluding tert-OH is 1. The van der Waals surface area contributed by atoms with Crippen molar-refractivity contribution in [3.8, 4) is 0 Å². The number of anilines is 1. The molecule has 1 aromatic heterocycles. The number of piperidine rings is 1. The highest BCUT2D eigenvalue weighted by atomic mass is 16.3. The van der Waals surface area contributed by atoms with E-state index < -0.39 is 0 Å². The lowest BCUT2D eigenvalue weighted by molar-refractivity contribution is 0.153. The van der Waals surface area contributed by atoms with E-state index in [0.29, 0.717) is 12.4 Å². The molecule has 17 heavy (non-hydrogen) atoms. The van der Waals surface area contributed by atoms with Gasteiger partial charge in [-0.2, -0.15) is 0 Å². The van der Waals surface area contributed by atoms with Crippen LogP contribution < -0.4 is 16.1 Å². The summed E-state index contributed by atoms with van der Waals surface area (Å²) >= 11 is 0. The summed E-state index contributed by atoms with van der Waals surface area (Å²) in [7, 11) is 3.09. The van der Waals surface area contributed by atoms with Gasteiger partial charge in [-0.15, -0.1) is 0 Å². The van der Waals surface area contributed by atoms with Crippen LogP contribution in [-0.2, 0) is 14.1 Å². The first-order valence-corrected chi connectivity index (χ1v) is 5.71. The molecule has 0 radical (unpaired) electrons. The highest BCUT2D eigenvalue weighted by molar-refractivity contribution is 5.39. The van der Waals surface area contributed by atoms with Gasteiger partial charge in [0.05, 0.1) is 6.10 Å². The zero-order valence-corrected chi connectivity index (χ0v) is 10.1. The monoisotopic (exact) mass is 239 g/mol. The second-order valence-corrected chi connectivity index (χ2v) is 4.48. The van der Waals surface area contributed by atoms with Gasteiger partial charge in [-0.25, -0.2) is 4.79 Å². The fraction of sp³-hybridized carbons (Fsp3) is 0.636. The molecule has 2 heterocycles. The Morgan fingerprint density at radius 2 is 2.00 bits per heavy atom. The summed E-state index contributed by atoms with van der Waals surface area (Å²) in [4.78, 5) is 25.3. The maximum atomic E-state index is 11.8. The van der Waals surface area contributed by atoms with Crippen molar-refractivity contribution in [3.05, 3.63) is 26.9 Å². The third kappa shape index (κ3) is 2.12. The normalized spacial score (nSPS) is 20.6. The van der Waals surface area contributed by atoms with Crippen LogP contribution in [0.1, 0.15) is 12.8 Å². The lowest BCUT2D eigenvalue weighted by Crippen LogP contribution is -2.44. The zero-order valence-electron chi connectivity index (χ0n) is 10.1. The van der Waals surface area contributed by atoms with Crippen LogP contribution in [0.4, 0.5) is 5.82 Å². The average Bonchev–Trinajstić information content (AvgIpc) is 2.31. The molecule has 1 N–H and O–H groups in total. The van der Waals surface area contributed by atoms with E-state index in [4.69, 9.17) is 0 Å². The minimum Gasteiger partial charge on any atom is -0.391 e. The highest BCUT2D eigenvalue weighted by Crippen LogP contribution is 2.16. The maximum Gasteiger partial charge on any atom is 0.332 e. The summed E-state index contributed by atoms with van der Waals surface area (Å²) in [6.07, 6.45) is 1.25. The van der Waals surface area contributed by atoms with E-state index in [0.717, 1.165) is 24.0 Å². The van der Waals surface area contributed by atoms with Gasteiger partial charge in [-0.05, 0) is 12.8 Å². The Morgan fingerprint density at radius 1 is 1.29 bits per heavy atom. The molecule has 1 saturated heterocycles. The molecule has 6 heteroatoms. The molecule has 0 saturated carbocycles. The molecule has 0 spiro atoms. The summed E-state index contributed by atoms with van der Waals surface area (Å²) in [5.74, 6) is 0.580. The molecule has 1 unspecified atom stereocenters.